The minimum atomic E-state index is -0.542. The molecule has 0 fully saturated rings. The van der Waals surface area contributed by atoms with Crippen molar-refractivity contribution < 1.29 is 19.1 Å². The molecule has 0 aliphatic carbocycles. The predicted molar refractivity (Wildman–Crippen MR) is 70.9 cm³/mol. The Labute approximate surface area is 112 Å². The zero-order valence-electron chi connectivity index (χ0n) is 11.7. The maximum Gasteiger partial charge on any atom is 0.315 e. The maximum absolute atomic E-state index is 11.5. The average molecular weight is 265 g/mol. The van der Waals surface area contributed by atoms with E-state index in [0.717, 1.165) is 22.4 Å². The highest BCUT2D eigenvalue weighted by Gasteiger charge is 2.11. The molecule has 1 N–H and O–H groups in total. The first-order valence-corrected chi connectivity index (χ1v) is 5.96. The standard InChI is InChI=1S/C14H19NO4/c1-9-10(2)12(18-3)6-5-11(9)8-15-13(16)7-14(17)19-4/h5-6H,7-8H2,1-4H3,(H,15,16). The average Bonchev–Trinajstić information content (AvgIpc) is 2.40. The second kappa shape index (κ2) is 6.78. The van der Waals surface area contributed by atoms with Crippen molar-refractivity contribution in [3.63, 3.8) is 0 Å². The fourth-order valence-corrected chi connectivity index (χ4v) is 1.72. The molecule has 0 aliphatic rings. The fraction of sp³-hybridized carbons (Fsp3) is 0.429. The van der Waals surface area contributed by atoms with E-state index < -0.39 is 5.97 Å². The van der Waals surface area contributed by atoms with Gasteiger partial charge in [0.2, 0.25) is 5.91 Å². The molecule has 19 heavy (non-hydrogen) atoms. The Bertz CT molecular complexity index is 483. The van der Waals surface area contributed by atoms with Crippen molar-refractivity contribution in [2.45, 2.75) is 26.8 Å². The molecule has 104 valence electrons. The van der Waals surface area contributed by atoms with E-state index in [1.54, 1.807) is 7.11 Å². The Hall–Kier alpha value is -2.04. The number of methoxy groups -OCH3 is 2. The Balaban J connectivity index is 2.66. The SMILES string of the molecule is COC(=O)CC(=O)NCc1ccc(OC)c(C)c1C. The first kappa shape index (κ1) is 15.0. The highest BCUT2D eigenvalue weighted by Crippen LogP contribution is 2.23. The molecule has 0 saturated heterocycles. The van der Waals surface area contributed by atoms with Gasteiger partial charge >= 0.3 is 5.97 Å². The normalized spacial score (nSPS) is 9.89. The summed E-state index contributed by atoms with van der Waals surface area (Å²) in [5, 5.41) is 2.69. The third-order valence-corrected chi connectivity index (χ3v) is 3.08. The first-order chi connectivity index (χ1) is 8.99. The maximum atomic E-state index is 11.5. The first-order valence-electron chi connectivity index (χ1n) is 5.96. The molecule has 0 saturated carbocycles. The number of amides is 1. The van der Waals surface area contributed by atoms with Gasteiger partial charge in [-0.05, 0) is 36.6 Å². The van der Waals surface area contributed by atoms with Crippen LogP contribution in [0, 0.1) is 13.8 Å². The molecule has 0 spiro atoms. The molecule has 0 unspecified atom stereocenters. The van der Waals surface area contributed by atoms with Crippen molar-refractivity contribution in [2.75, 3.05) is 14.2 Å². The van der Waals surface area contributed by atoms with Crippen LogP contribution in [0.2, 0.25) is 0 Å². The topological polar surface area (TPSA) is 64.6 Å². The van der Waals surface area contributed by atoms with Gasteiger partial charge in [0.15, 0.2) is 0 Å². The summed E-state index contributed by atoms with van der Waals surface area (Å²) in [6, 6.07) is 3.77. The van der Waals surface area contributed by atoms with Crippen molar-refractivity contribution in [1.29, 1.82) is 0 Å². The molecule has 1 aromatic rings. The van der Waals surface area contributed by atoms with Crippen LogP contribution in [0.15, 0.2) is 12.1 Å². The van der Waals surface area contributed by atoms with Crippen LogP contribution in [-0.4, -0.2) is 26.1 Å². The number of esters is 1. The van der Waals surface area contributed by atoms with Crippen molar-refractivity contribution in [3.8, 4) is 5.75 Å². The van der Waals surface area contributed by atoms with E-state index in [-0.39, 0.29) is 12.3 Å². The summed E-state index contributed by atoms with van der Waals surface area (Å²) >= 11 is 0. The van der Waals surface area contributed by atoms with Crippen molar-refractivity contribution >= 4 is 11.9 Å². The summed E-state index contributed by atoms with van der Waals surface area (Å²) in [6.07, 6.45) is -0.259. The Morgan fingerprint density at radius 2 is 1.84 bits per heavy atom. The molecule has 5 heteroatoms. The number of benzene rings is 1. The van der Waals surface area contributed by atoms with Crippen LogP contribution in [0.5, 0.6) is 5.75 Å². The van der Waals surface area contributed by atoms with Crippen LogP contribution in [0.4, 0.5) is 0 Å². The highest BCUT2D eigenvalue weighted by atomic mass is 16.5. The quantitative estimate of drug-likeness (QED) is 0.647. The summed E-state index contributed by atoms with van der Waals surface area (Å²) in [6.45, 7) is 4.32. The molecule has 0 heterocycles. The van der Waals surface area contributed by atoms with Crippen LogP contribution in [0.25, 0.3) is 0 Å². The lowest BCUT2D eigenvalue weighted by Crippen LogP contribution is -2.26. The molecule has 0 aromatic heterocycles. The van der Waals surface area contributed by atoms with E-state index in [0.29, 0.717) is 6.54 Å². The predicted octanol–water partition coefficient (Wildman–Crippen LogP) is 1.49. The van der Waals surface area contributed by atoms with Gasteiger partial charge in [0, 0.05) is 6.54 Å². The lowest BCUT2D eigenvalue weighted by atomic mass is 10.0. The monoisotopic (exact) mass is 265 g/mol. The van der Waals surface area contributed by atoms with Crippen LogP contribution < -0.4 is 10.1 Å². The molecule has 0 bridgehead atoms. The zero-order chi connectivity index (χ0) is 14.4. The second-order valence-corrected chi connectivity index (χ2v) is 4.21. The minimum absolute atomic E-state index is 0.259. The largest absolute Gasteiger partial charge is 0.496 e. The smallest absolute Gasteiger partial charge is 0.315 e. The van der Waals surface area contributed by atoms with Gasteiger partial charge in [-0.2, -0.15) is 0 Å². The number of carbonyl (C=O) groups is 2. The van der Waals surface area contributed by atoms with Crippen LogP contribution in [0.3, 0.4) is 0 Å². The van der Waals surface area contributed by atoms with Gasteiger partial charge in [0.25, 0.3) is 0 Å². The number of rotatable bonds is 5. The molecule has 0 aliphatic heterocycles. The van der Waals surface area contributed by atoms with Crippen molar-refractivity contribution in [1.82, 2.24) is 5.32 Å². The summed E-state index contributed by atoms with van der Waals surface area (Å²) in [5.41, 5.74) is 3.11. The van der Waals surface area contributed by atoms with Crippen molar-refractivity contribution in [2.24, 2.45) is 0 Å². The Morgan fingerprint density at radius 1 is 1.16 bits per heavy atom. The molecule has 0 atom stereocenters. The second-order valence-electron chi connectivity index (χ2n) is 4.21. The van der Waals surface area contributed by atoms with E-state index >= 15 is 0 Å². The van der Waals surface area contributed by atoms with E-state index in [1.165, 1.54) is 7.11 Å². The Kier molecular flexibility index (Phi) is 5.36. The molecule has 1 aromatic carbocycles. The van der Waals surface area contributed by atoms with Gasteiger partial charge in [-0.1, -0.05) is 6.07 Å². The van der Waals surface area contributed by atoms with E-state index in [4.69, 9.17) is 4.74 Å². The lowest BCUT2D eigenvalue weighted by molar-refractivity contribution is -0.143. The summed E-state index contributed by atoms with van der Waals surface area (Å²) in [4.78, 5) is 22.4. The molecular weight excluding hydrogens is 246 g/mol. The van der Waals surface area contributed by atoms with Crippen LogP contribution in [-0.2, 0) is 20.9 Å². The molecule has 1 rings (SSSR count). The van der Waals surface area contributed by atoms with E-state index in [2.05, 4.69) is 10.1 Å². The van der Waals surface area contributed by atoms with Gasteiger partial charge in [-0.3, -0.25) is 9.59 Å². The minimum Gasteiger partial charge on any atom is -0.496 e. The zero-order valence-corrected chi connectivity index (χ0v) is 11.7. The molecular formula is C14H19NO4. The summed E-state index contributed by atoms with van der Waals surface area (Å²) in [7, 11) is 2.88. The molecule has 5 nitrogen and oxygen atoms in total. The fourth-order valence-electron chi connectivity index (χ4n) is 1.72. The number of carbonyl (C=O) groups excluding carboxylic acids is 2. The van der Waals surface area contributed by atoms with E-state index in [9.17, 15) is 9.59 Å². The highest BCUT2D eigenvalue weighted by molar-refractivity contribution is 5.94. The Morgan fingerprint density at radius 3 is 2.42 bits per heavy atom. The summed E-state index contributed by atoms with van der Waals surface area (Å²) in [5.74, 6) is -0.0676. The molecule has 0 radical (unpaired) electrons. The number of ether oxygens (including phenoxy) is 2. The van der Waals surface area contributed by atoms with Crippen LogP contribution >= 0.6 is 0 Å². The van der Waals surface area contributed by atoms with Crippen LogP contribution in [0.1, 0.15) is 23.1 Å². The lowest BCUT2D eigenvalue weighted by Gasteiger charge is -2.13. The van der Waals surface area contributed by atoms with Gasteiger partial charge in [0.1, 0.15) is 12.2 Å². The van der Waals surface area contributed by atoms with Gasteiger partial charge < -0.3 is 14.8 Å². The van der Waals surface area contributed by atoms with Gasteiger partial charge in [-0.25, -0.2) is 0 Å². The van der Waals surface area contributed by atoms with Crippen molar-refractivity contribution in [3.05, 3.63) is 28.8 Å². The number of nitrogens with one attached hydrogen (secondary N) is 1. The summed E-state index contributed by atoms with van der Waals surface area (Å²) < 4.78 is 9.65. The number of hydrogen-bond donors (Lipinski definition) is 1. The van der Waals surface area contributed by atoms with Gasteiger partial charge in [0.05, 0.1) is 14.2 Å². The third kappa shape index (κ3) is 3.98. The number of hydrogen-bond acceptors (Lipinski definition) is 4. The molecule has 1 amide bonds. The van der Waals surface area contributed by atoms with Gasteiger partial charge in [-0.15, -0.1) is 0 Å². The third-order valence-electron chi connectivity index (χ3n) is 3.08. The van der Waals surface area contributed by atoms with E-state index in [1.807, 2.05) is 26.0 Å².